The van der Waals surface area contributed by atoms with Crippen molar-refractivity contribution in [3.05, 3.63) is 76.9 Å². The molecule has 3 saturated heterocycles. The molecule has 2 unspecified atom stereocenters. The summed E-state index contributed by atoms with van der Waals surface area (Å²) in [5, 5.41) is 0. The second-order valence-electron chi connectivity index (χ2n) is 8.35. The normalized spacial score (nSPS) is 24.3. The predicted octanol–water partition coefficient (Wildman–Crippen LogP) is 4.07. The van der Waals surface area contributed by atoms with Gasteiger partial charge in [-0.15, -0.1) is 0 Å². The van der Waals surface area contributed by atoms with E-state index in [4.69, 9.17) is 11.3 Å². The first-order valence-electron chi connectivity index (χ1n) is 10.5. The quantitative estimate of drug-likeness (QED) is 0.690. The Morgan fingerprint density at radius 2 is 1.87 bits per heavy atom. The van der Waals surface area contributed by atoms with Crippen molar-refractivity contribution >= 4 is 17.5 Å². The Balaban J connectivity index is 1.32. The van der Waals surface area contributed by atoms with E-state index in [0.717, 1.165) is 5.56 Å². The van der Waals surface area contributed by atoms with Crippen LogP contribution in [0.25, 0.3) is 4.85 Å². The van der Waals surface area contributed by atoms with Crippen LogP contribution in [0.4, 0.5) is 10.1 Å². The highest BCUT2D eigenvalue weighted by atomic mass is 19.1. The van der Waals surface area contributed by atoms with Gasteiger partial charge < -0.3 is 14.5 Å². The van der Waals surface area contributed by atoms with E-state index in [-0.39, 0.29) is 29.8 Å². The molecule has 0 radical (unpaired) electrons. The van der Waals surface area contributed by atoms with Crippen LogP contribution in [0.2, 0.25) is 0 Å². The fourth-order valence-electron chi connectivity index (χ4n) is 5.03. The van der Waals surface area contributed by atoms with Crippen LogP contribution < -0.4 is 0 Å². The summed E-state index contributed by atoms with van der Waals surface area (Å²) < 4.78 is 20.1. The van der Waals surface area contributed by atoms with Crippen molar-refractivity contribution in [2.45, 2.75) is 43.6 Å². The van der Waals surface area contributed by atoms with Gasteiger partial charge in [-0.3, -0.25) is 9.59 Å². The maximum Gasteiger partial charge on any atom is 0.257 e. The van der Waals surface area contributed by atoms with Gasteiger partial charge in [-0.25, -0.2) is 9.24 Å². The lowest BCUT2D eigenvalue weighted by Gasteiger charge is -2.37. The molecule has 0 bridgehead atoms. The van der Waals surface area contributed by atoms with E-state index in [1.54, 1.807) is 28.0 Å². The molecule has 7 heteroatoms. The topological polar surface area (TPSA) is 54.2 Å². The lowest BCUT2D eigenvalue weighted by atomic mass is 9.89. The fraction of sp³-hybridized carbons (Fsp3) is 0.375. The first-order chi connectivity index (χ1) is 15.0. The number of ether oxygens (including phenoxy) is 1. The summed E-state index contributed by atoms with van der Waals surface area (Å²) in [6.07, 6.45) is 2.03. The molecule has 2 atom stereocenters. The van der Waals surface area contributed by atoms with Gasteiger partial charge in [-0.2, -0.15) is 0 Å². The third-order valence-electron chi connectivity index (χ3n) is 6.67. The summed E-state index contributed by atoms with van der Waals surface area (Å²) >= 11 is 0. The summed E-state index contributed by atoms with van der Waals surface area (Å²) in [5.74, 6) is -0.637. The third kappa shape index (κ3) is 3.19. The molecule has 6 nitrogen and oxygen atoms in total. The maximum absolute atomic E-state index is 13.8. The second kappa shape index (κ2) is 7.47. The average molecular weight is 419 g/mol. The van der Waals surface area contributed by atoms with E-state index in [9.17, 15) is 14.0 Å². The van der Waals surface area contributed by atoms with Crippen LogP contribution >= 0.6 is 0 Å². The number of benzene rings is 2. The largest absolute Gasteiger partial charge is 0.342 e. The molecule has 0 aromatic heterocycles. The van der Waals surface area contributed by atoms with Crippen molar-refractivity contribution in [3.8, 4) is 0 Å². The SMILES string of the molecule is [C-]#[N+]c1cc(C2CCC3OC4(CCN(C(=O)c5ccccc5)CC4)C(=O)N32)ccc1F. The number of fused-ring (bicyclic) bond motifs is 1. The van der Waals surface area contributed by atoms with Crippen molar-refractivity contribution in [1.29, 1.82) is 0 Å². The van der Waals surface area contributed by atoms with Crippen LogP contribution in [0.1, 0.15) is 47.6 Å². The molecular weight excluding hydrogens is 397 g/mol. The Hall–Kier alpha value is -3.24. The molecule has 0 N–H and O–H groups in total. The number of likely N-dealkylation sites (tertiary alicyclic amines) is 1. The Morgan fingerprint density at radius 1 is 1.13 bits per heavy atom. The predicted molar refractivity (Wildman–Crippen MR) is 111 cm³/mol. The zero-order valence-corrected chi connectivity index (χ0v) is 17.0. The smallest absolute Gasteiger partial charge is 0.257 e. The summed E-state index contributed by atoms with van der Waals surface area (Å²) in [4.78, 5) is 33.0. The molecule has 2 aromatic rings. The summed E-state index contributed by atoms with van der Waals surface area (Å²) in [7, 11) is 0. The number of rotatable bonds is 2. The lowest BCUT2D eigenvalue weighted by Crippen LogP contribution is -2.51. The Labute approximate surface area is 180 Å². The van der Waals surface area contributed by atoms with Crippen molar-refractivity contribution in [2.24, 2.45) is 0 Å². The van der Waals surface area contributed by atoms with Crippen LogP contribution in [0.15, 0.2) is 48.5 Å². The molecule has 2 amide bonds. The number of carbonyl (C=O) groups is 2. The standard InChI is InChI=1S/C24H22FN3O3/c1-26-19-15-17(7-8-18(19)25)20-9-10-21-28(20)23(30)24(31-21)11-13-27(14-12-24)22(29)16-5-3-2-4-6-16/h2-8,15,20-21H,9-14H2. The van der Waals surface area contributed by atoms with Crippen LogP contribution in [-0.4, -0.2) is 46.5 Å². The Bertz CT molecular complexity index is 1070. The molecule has 3 fully saturated rings. The molecule has 3 aliphatic heterocycles. The van der Waals surface area contributed by atoms with Gasteiger partial charge in [0.05, 0.1) is 12.6 Å². The highest BCUT2D eigenvalue weighted by Gasteiger charge is 2.58. The number of nitrogens with zero attached hydrogens (tertiary/aromatic N) is 3. The van der Waals surface area contributed by atoms with Crippen LogP contribution in [-0.2, 0) is 9.53 Å². The van der Waals surface area contributed by atoms with Gasteiger partial charge in [-0.1, -0.05) is 24.3 Å². The van der Waals surface area contributed by atoms with Crippen molar-refractivity contribution in [3.63, 3.8) is 0 Å². The summed E-state index contributed by atoms with van der Waals surface area (Å²) in [5.41, 5.74) is 0.473. The van der Waals surface area contributed by atoms with Crippen LogP contribution in [0.3, 0.4) is 0 Å². The first kappa shape index (κ1) is 19.7. The molecule has 3 aliphatic rings. The number of hydrogen-bond donors (Lipinski definition) is 0. The molecule has 31 heavy (non-hydrogen) atoms. The van der Waals surface area contributed by atoms with Gasteiger partial charge in [0.15, 0.2) is 5.60 Å². The maximum atomic E-state index is 13.8. The van der Waals surface area contributed by atoms with Gasteiger partial charge in [-0.05, 0) is 42.7 Å². The highest BCUT2D eigenvalue weighted by molar-refractivity contribution is 5.95. The Kier molecular flexibility index (Phi) is 4.75. The van der Waals surface area contributed by atoms with E-state index in [1.807, 2.05) is 18.2 Å². The lowest BCUT2D eigenvalue weighted by molar-refractivity contribution is -0.142. The molecule has 3 heterocycles. The van der Waals surface area contributed by atoms with Gasteiger partial charge in [0, 0.05) is 31.5 Å². The minimum Gasteiger partial charge on any atom is -0.342 e. The summed E-state index contributed by atoms with van der Waals surface area (Å²) in [6.45, 7) is 8.08. The minimum absolute atomic E-state index is 0.0303. The first-order valence-corrected chi connectivity index (χ1v) is 10.5. The van der Waals surface area contributed by atoms with Gasteiger partial charge in [0.1, 0.15) is 12.0 Å². The zero-order chi connectivity index (χ0) is 21.6. The minimum atomic E-state index is -0.903. The fourth-order valence-corrected chi connectivity index (χ4v) is 5.03. The van der Waals surface area contributed by atoms with E-state index < -0.39 is 11.4 Å². The Morgan fingerprint density at radius 3 is 2.58 bits per heavy atom. The third-order valence-corrected chi connectivity index (χ3v) is 6.67. The van der Waals surface area contributed by atoms with Crippen LogP contribution in [0, 0.1) is 12.4 Å². The van der Waals surface area contributed by atoms with E-state index in [2.05, 4.69) is 4.85 Å². The molecular formula is C24H22FN3O3. The number of piperidine rings is 1. The van der Waals surface area contributed by atoms with E-state index in [0.29, 0.717) is 44.3 Å². The van der Waals surface area contributed by atoms with Crippen LogP contribution in [0.5, 0.6) is 0 Å². The van der Waals surface area contributed by atoms with E-state index >= 15 is 0 Å². The van der Waals surface area contributed by atoms with Gasteiger partial charge in [0.2, 0.25) is 5.69 Å². The van der Waals surface area contributed by atoms with Crippen molar-refractivity contribution in [1.82, 2.24) is 9.80 Å². The zero-order valence-electron chi connectivity index (χ0n) is 17.0. The number of halogens is 1. The molecule has 158 valence electrons. The number of carbonyl (C=O) groups excluding carboxylic acids is 2. The van der Waals surface area contributed by atoms with E-state index in [1.165, 1.54) is 12.1 Å². The monoisotopic (exact) mass is 419 g/mol. The van der Waals surface area contributed by atoms with Crippen molar-refractivity contribution < 1.29 is 18.7 Å². The molecule has 2 aromatic carbocycles. The molecule has 0 saturated carbocycles. The number of hydrogen-bond acceptors (Lipinski definition) is 3. The van der Waals surface area contributed by atoms with Crippen molar-refractivity contribution in [2.75, 3.05) is 13.1 Å². The summed E-state index contributed by atoms with van der Waals surface area (Å²) in [6, 6.07) is 13.4. The molecule has 5 rings (SSSR count). The van der Waals surface area contributed by atoms with Gasteiger partial charge in [0.25, 0.3) is 11.8 Å². The molecule has 1 spiro atoms. The average Bonchev–Trinajstić information content (AvgIpc) is 3.33. The number of amides is 2. The second-order valence-corrected chi connectivity index (χ2v) is 8.35. The van der Waals surface area contributed by atoms with Gasteiger partial charge >= 0.3 is 0 Å². The molecule has 0 aliphatic carbocycles. The highest BCUT2D eigenvalue weighted by Crippen LogP contribution is 2.48.